The average Bonchev–Trinajstić information content (AvgIpc) is 3.13. The summed E-state index contributed by atoms with van der Waals surface area (Å²) in [6.07, 6.45) is 3.92. The van der Waals surface area contributed by atoms with Crippen molar-refractivity contribution in [2.75, 3.05) is 18.0 Å². The first-order valence-corrected chi connectivity index (χ1v) is 9.36. The van der Waals surface area contributed by atoms with E-state index >= 15 is 0 Å². The van der Waals surface area contributed by atoms with Crippen LogP contribution in [-0.4, -0.2) is 41.1 Å². The first-order valence-electron chi connectivity index (χ1n) is 9.36. The van der Waals surface area contributed by atoms with Gasteiger partial charge >= 0.3 is 0 Å². The van der Waals surface area contributed by atoms with Gasteiger partial charge in [0.15, 0.2) is 0 Å². The van der Waals surface area contributed by atoms with Crippen LogP contribution in [0.3, 0.4) is 0 Å². The third kappa shape index (κ3) is 4.01. The summed E-state index contributed by atoms with van der Waals surface area (Å²) in [6.45, 7) is 1.71. The molecule has 1 saturated carbocycles. The lowest BCUT2D eigenvalue weighted by molar-refractivity contribution is -0.0410. The molecule has 2 aromatic rings. The van der Waals surface area contributed by atoms with E-state index in [1.165, 1.54) is 0 Å². The zero-order valence-electron chi connectivity index (χ0n) is 14.7. The van der Waals surface area contributed by atoms with Gasteiger partial charge < -0.3 is 10.2 Å². The summed E-state index contributed by atoms with van der Waals surface area (Å²) in [4.78, 5) is 11.3. The van der Waals surface area contributed by atoms with E-state index < -0.39 is 5.92 Å². The quantitative estimate of drug-likeness (QED) is 0.900. The monoisotopic (exact) mass is 358 g/mol. The highest BCUT2D eigenvalue weighted by Crippen LogP contribution is 2.33. The molecule has 2 fully saturated rings. The van der Waals surface area contributed by atoms with Gasteiger partial charge in [-0.2, -0.15) is 0 Å². The summed E-state index contributed by atoms with van der Waals surface area (Å²) < 4.78 is 26.6. The molecule has 6 heteroatoms. The van der Waals surface area contributed by atoms with E-state index in [9.17, 15) is 8.78 Å². The molecule has 1 aromatic carbocycles. The summed E-state index contributed by atoms with van der Waals surface area (Å²) >= 11 is 0. The first kappa shape index (κ1) is 17.3. The van der Waals surface area contributed by atoms with E-state index in [0.717, 1.165) is 36.7 Å². The molecular formula is C20H24F2N4. The van der Waals surface area contributed by atoms with Crippen molar-refractivity contribution in [3.63, 3.8) is 0 Å². The molecule has 0 radical (unpaired) electrons. The molecule has 4 nitrogen and oxygen atoms in total. The highest BCUT2D eigenvalue weighted by molar-refractivity contribution is 5.59. The van der Waals surface area contributed by atoms with Crippen LogP contribution in [0.25, 0.3) is 11.3 Å². The van der Waals surface area contributed by atoms with Gasteiger partial charge in [0.05, 0.1) is 5.69 Å². The molecule has 0 spiro atoms. The van der Waals surface area contributed by atoms with Crippen molar-refractivity contribution in [1.82, 2.24) is 15.3 Å². The van der Waals surface area contributed by atoms with E-state index in [1.807, 2.05) is 36.4 Å². The molecule has 26 heavy (non-hydrogen) atoms. The lowest BCUT2D eigenvalue weighted by Crippen LogP contribution is -2.43. The Hall–Kier alpha value is -2.08. The van der Waals surface area contributed by atoms with Crippen molar-refractivity contribution in [2.24, 2.45) is 0 Å². The number of rotatable bonds is 4. The van der Waals surface area contributed by atoms with Gasteiger partial charge in [0, 0.05) is 49.8 Å². The highest BCUT2D eigenvalue weighted by atomic mass is 19.3. The highest BCUT2D eigenvalue weighted by Gasteiger charge is 2.36. The lowest BCUT2D eigenvalue weighted by Gasteiger charge is -2.31. The topological polar surface area (TPSA) is 41.0 Å². The van der Waals surface area contributed by atoms with Crippen molar-refractivity contribution in [3.8, 4) is 11.3 Å². The molecule has 0 amide bonds. The predicted octanol–water partition coefficient (Wildman–Crippen LogP) is 3.89. The van der Waals surface area contributed by atoms with Crippen LogP contribution >= 0.6 is 0 Å². The SMILES string of the molecule is FC1(F)CCC(NC2CCN(c3nccc(-c4ccccc4)n3)C2)CC1. The summed E-state index contributed by atoms with van der Waals surface area (Å²) in [6, 6.07) is 12.5. The summed E-state index contributed by atoms with van der Waals surface area (Å²) in [7, 11) is 0. The van der Waals surface area contributed by atoms with Crippen LogP contribution in [0.4, 0.5) is 14.7 Å². The maximum atomic E-state index is 13.3. The third-order valence-electron chi connectivity index (χ3n) is 5.37. The number of nitrogens with one attached hydrogen (secondary N) is 1. The second kappa shape index (κ2) is 7.27. The largest absolute Gasteiger partial charge is 0.339 e. The fourth-order valence-corrected chi connectivity index (χ4v) is 3.89. The van der Waals surface area contributed by atoms with E-state index in [1.54, 1.807) is 6.20 Å². The average molecular weight is 358 g/mol. The van der Waals surface area contributed by atoms with Crippen molar-refractivity contribution in [2.45, 2.75) is 50.1 Å². The molecule has 1 aliphatic carbocycles. The van der Waals surface area contributed by atoms with Crippen LogP contribution in [0.1, 0.15) is 32.1 Å². The molecule has 1 atom stereocenters. The number of hydrogen-bond donors (Lipinski definition) is 1. The minimum atomic E-state index is -2.47. The Morgan fingerprint density at radius 1 is 1.00 bits per heavy atom. The number of anilines is 1. The normalized spacial score (nSPS) is 23.3. The third-order valence-corrected chi connectivity index (χ3v) is 5.37. The Kier molecular flexibility index (Phi) is 4.85. The van der Waals surface area contributed by atoms with Crippen molar-refractivity contribution in [1.29, 1.82) is 0 Å². The van der Waals surface area contributed by atoms with Gasteiger partial charge in [0.25, 0.3) is 0 Å². The van der Waals surface area contributed by atoms with Crippen molar-refractivity contribution < 1.29 is 8.78 Å². The van der Waals surface area contributed by atoms with Gasteiger partial charge in [-0.05, 0) is 25.3 Å². The summed E-state index contributed by atoms with van der Waals surface area (Å²) in [5, 5.41) is 3.57. The van der Waals surface area contributed by atoms with Crippen LogP contribution in [0.5, 0.6) is 0 Å². The number of nitrogens with zero attached hydrogens (tertiary/aromatic N) is 3. The van der Waals surface area contributed by atoms with Crippen molar-refractivity contribution in [3.05, 3.63) is 42.6 Å². The maximum Gasteiger partial charge on any atom is 0.248 e. The Labute approximate surface area is 152 Å². The standard InChI is InChI=1S/C20H24F2N4/c21-20(22)10-6-16(7-11-20)24-17-9-13-26(14-17)19-23-12-8-18(25-19)15-4-2-1-3-5-15/h1-5,8,12,16-17,24H,6-7,9-11,13-14H2. The Morgan fingerprint density at radius 3 is 2.54 bits per heavy atom. The Balaban J connectivity index is 1.37. The maximum absolute atomic E-state index is 13.3. The minimum absolute atomic E-state index is 0.00331. The second-order valence-electron chi connectivity index (χ2n) is 7.34. The van der Waals surface area contributed by atoms with Gasteiger partial charge in [-0.1, -0.05) is 30.3 Å². The van der Waals surface area contributed by atoms with E-state index in [-0.39, 0.29) is 18.9 Å². The van der Waals surface area contributed by atoms with Crippen molar-refractivity contribution >= 4 is 5.95 Å². The van der Waals surface area contributed by atoms with Crippen LogP contribution in [0.2, 0.25) is 0 Å². The van der Waals surface area contributed by atoms with Gasteiger partial charge in [-0.3, -0.25) is 0 Å². The molecule has 138 valence electrons. The molecule has 2 heterocycles. The molecule has 0 bridgehead atoms. The second-order valence-corrected chi connectivity index (χ2v) is 7.34. The van der Waals surface area contributed by atoms with E-state index in [2.05, 4.69) is 15.2 Å². The molecule has 1 aromatic heterocycles. The summed E-state index contributed by atoms with van der Waals surface area (Å²) in [5.41, 5.74) is 2.00. The van der Waals surface area contributed by atoms with Crippen LogP contribution < -0.4 is 10.2 Å². The fraction of sp³-hybridized carbons (Fsp3) is 0.500. The molecule has 4 rings (SSSR count). The fourth-order valence-electron chi connectivity index (χ4n) is 3.89. The van der Waals surface area contributed by atoms with E-state index in [4.69, 9.17) is 4.98 Å². The first-order chi connectivity index (χ1) is 12.6. The molecule has 1 saturated heterocycles. The number of halogens is 2. The van der Waals surface area contributed by atoms with E-state index in [0.29, 0.717) is 18.9 Å². The smallest absolute Gasteiger partial charge is 0.248 e. The molecule has 1 N–H and O–H groups in total. The molecule has 1 aliphatic heterocycles. The zero-order valence-corrected chi connectivity index (χ0v) is 14.7. The lowest BCUT2D eigenvalue weighted by atomic mass is 9.91. The molecular weight excluding hydrogens is 334 g/mol. The Bertz CT molecular complexity index is 728. The zero-order chi connectivity index (χ0) is 18.0. The van der Waals surface area contributed by atoms with Crippen LogP contribution in [0.15, 0.2) is 42.6 Å². The van der Waals surface area contributed by atoms with Gasteiger partial charge in [0.1, 0.15) is 0 Å². The number of aromatic nitrogens is 2. The molecule has 1 unspecified atom stereocenters. The number of benzene rings is 1. The van der Waals surface area contributed by atoms with Crippen LogP contribution in [0, 0.1) is 0 Å². The number of alkyl halides is 2. The number of hydrogen-bond acceptors (Lipinski definition) is 4. The molecule has 2 aliphatic rings. The van der Waals surface area contributed by atoms with Gasteiger partial charge in [-0.25, -0.2) is 18.7 Å². The predicted molar refractivity (Wildman–Crippen MR) is 98.4 cm³/mol. The van der Waals surface area contributed by atoms with Gasteiger partial charge in [-0.15, -0.1) is 0 Å². The Morgan fingerprint density at radius 2 is 1.77 bits per heavy atom. The minimum Gasteiger partial charge on any atom is -0.339 e. The van der Waals surface area contributed by atoms with Crippen LogP contribution in [-0.2, 0) is 0 Å². The summed E-state index contributed by atoms with van der Waals surface area (Å²) in [5.74, 6) is -1.73. The van der Waals surface area contributed by atoms with Gasteiger partial charge in [0.2, 0.25) is 11.9 Å².